The van der Waals surface area contributed by atoms with E-state index < -0.39 is 22.9 Å². The summed E-state index contributed by atoms with van der Waals surface area (Å²) in [7, 11) is 1.79. The number of aromatic amines is 1. The molecule has 5 rings (SSSR count). The van der Waals surface area contributed by atoms with Gasteiger partial charge in [-0.2, -0.15) is 15.5 Å². The van der Waals surface area contributed by atoms with Crippen molar-refractivity contribution in [2.24, 2.45) is 12.5 Å². The van der Waals surface area contributed by atoms with Gasteiger partial charge in [-0.25, -0.2) is 8.78 Å². The SMILES string of the molecule is Cn1nc(-c2cn(-c3c(F)cccc3F)c(=O)c3c(N)n[nH]c23)cc1N1CCC(C)(C#N)CC1. The Labute approximate surface area is 193 Å². The van der Waals surface area contributed by atoms with Gasteiger partial charge < -0.3 is 10.6 Å². The van der Waals surface area contributed by atoms with E-state index in [0.29, 0.717) is 29.9 Å². The zero-order valence-corrected chi connectivity index (χ0v) is 18.6. The number of fused-ring (bicyclic) bond motifs is 1. The first-order valence-corrected chi connectivity index (χ1v) is 10.8. The van der Waals surface area contributed by atoms with E-state index in [1.807, 2.05) is 13.0 Å². The Balaban J connectivity index is 1.66. The molecule has 1 aromatic carbocycles. The van der Waals surface area contributed by atoms with Crippen LogP contribution in [0.2, 0.25) is 0 Å². The zero-order valence-electron chi connectivity index (χ0n) is 18.6. The van der Waals surface area contributed by atoms with Crippen molar-refractivity contribution in [3.63, 3.8) is 0 Å². The molecular formula is C23H22F2N8O. The van der Waals surface area contributed by atoms with Crippen LogP contribution in [-0.2, 0) is 7.05 Å². The van der Waals surface area contributed by atoms with Crippen LogP contribution in [0.1, 0.15) is 19.8 Å². The second-order valence-electron chi connectivity index (χ2n) is 8.82. The third-order valence-corrected chi connectivity index (χ3v) is 6.52. The molecule has 1 aliphatic rings. The Morgan fingerprint density at radius 1 is 1.24 bits per heavy atom. The molecule has 1 saturated heterocycles. The third kappa shape index (κ3) is 3.30. The summed E-state index contributed by atoms with van der Waals surface area (Å²) >= 11 is 0. The van der Waals surface area contributed by atoms with E-state index in [1.165, 1.54) is 12.3 Å². The average molecular weight is 464 g/mol. The highest BCUT2D eigenvalue weighted by Gasteiger charge is 2.31. The van der Waals surface area contributed by atoms with Crippen molar-refractivity contribution in [1.82, 2.24) is 24.5 Å². The summed E-state index contributed by atoms with van der Waals surface area (Å²) in [5.41, 5.74) is 5.61. The lowest BCUT2D eigenvalue weighted by Crippen LogP contribution is -2.38. The number of nitrogen functional groups attached to an aromatic ring is 1. The number of aromatic nitrogens is 5. The Bertz CT molecular complexity index is 1500. The van der Waals surface area contributed by atoms with Gasteiger partial charge >= 0.3 is 0 Å². The summed E-state index contributed by atoms with van der Waals surface area (Å²) in [6.07, 6.45) is 2.80. The minimum atomic E-state index is -0.884. The van der Waals surface area contributed by atoms with Gasteiger partial charge in [0.05, 0.1) is 22.7 Å². The largest absolute Gasteiger partial charge is 0.382 e. The summed E-state index contributed by atoms with van der Waals surface area (Å²) in [5, 5.41) is 20.7. The van der Waals surface area contributed by atoms with Crippen LogP contribution in [0.3, 0.4) is 0 Å². The fourth-order valence-corrected chi connectivity index (χ4v) is 4.45. The molecule has 1 fully saturated rings. The van der Waals surface area contributed by atoms with Crippen LogP contribution in [0.25, 0.3) is 27.8 Å². The Morgan fingerprint density at radius 3 is 2.56 bits per heavy atom. The lowest BCUT2D eigenvalue weighted by atomic mass is 9.82. The molecule has 11 heteroatoms. The first-order chi connectivity index (χ1) is 16.2. The monoisotopic (exact) mass is 464 g/mol. The molecule has 0 unspecified atom stereocenters. The highest BCUT2D eigenvalue weighted by atomic mass is 19.1. The van der Waals surface area contributed by atoms with Crippen LogP contribution in [-0.4, -0.2) is 37.6 Å². The minimum Gasteiger partial charge on any atom is -0.382 e. The summed E-state index contributed by atoms with van der Waals surface area (Å²) in [5.74, 6) is -1.02. The molecule has 3 aromatic heterocycles. The lowest BCUT2D eigenvalue weighted by molar-refractivity contribution is 0.335. The van der Waals surface area contributed by atoms with Gasteiger partial charge in [-0.1, -0.05) is 6.07 Å². The van der Waals surface area contributed by atoms with E-state index in [2.05, 4.69) is 26.3 Å². The van der Waals surface area contributed by atoms with Crippen LogP contribution in [0.5, 0.6) is 0 Å². The number of H-pyrrole nitrogens is 1. The number of hydrogen-bond acceptors (Lipinski definition) is 6. The smallest absolute Gasteiger partial charge is 0.268 e. The number of nitrogens with zero attached hydrogens (tertiary/aromatic N) is 6. The zero-order chi connectivity index (χ0) is 24.2. The van der Waals surface area contributed by atoms with Crippen LogP contribution in [0.4, 0.5) is 20.4 Å². The van der Waals surface area contributed by atoms with Gasteiger partial charge in [0.25, 0.3) is 5.56 Å². The fourth-order valence-electron chi connectivity index (χ4n) is 4.45. The quantitative estimate of drug-likeness (QED) is 0.481. The Kier molecular flexibility index (Phi) is 4.89. The maximum atomic E-state index is 14.6. The van der Waals surface area contributed by atoms with Gasteiger partial charge in [-0.3, -0.25) is 19.1 Å². The third-order valence-electron chi connectivity index (χ3n) is 6.52. The molecule has 4 aromatic rings. The second kappa shape index (κ2) is 7.69. The number of rotatable bonds is 3. The van der Waals surface area contributed by atoms with Crippen molar-refractivity contribution >= 4 is 22.5 Å². The highest BCUT2D eigenvalue weighted by Crippen LogP contribution is 2.35. The molecule has 9 nitrogen and oxygen atoms in total. The van der Waals surface area contributed by atoms with Gasteiger partial charge in [0.2, 0.25) is 0 Å². The summed E-state index contributed by atoms with van der Waals surface area (Å²) in [4.78, 5) is 15.3. The maximum absolute atomic E-state index is 14.6. The first kappa shape index (κ1) is 21.6. The topological polar surface area (TPSA) is 122 Å². The van der Waals surface area contributed by atoms with E-state index in [0.717, 1.165) is 35.4 Å². The number of halogens is 2. The van der Waals surface area contributed by atoms with E-state index in [1.54, 1.807) is 11.7 Å². The number of para-hydroxylation sites is 1. The van der Waals surface area contributed by atoms with Crippen LogP contribution in [0, 0.1) is 28.4 Å². The number of nitriles is 1. The van der Waals surface area contributed by atoms with E-state index in [9.17, 15) is 18.8 Å². The Hall–Kier alpha value is -4.20. The van der Waals surface area contributed by atoms with Gasteiger partial charge in [0.1, 0.15) is 28.5 Å². The number of pyridine rings is 1. The van der Waals surface area contributed by atoms with E-state index in [4.69, 9.17) is 5.73 Å². The number of nitrogens with two attached hydrogens (primary N) is 1. The standard InChI is InChI=1S/C23H22F2N8O/c1-23(12-26)6-8-32(9-7-23)17-10-16(30-31(17)2)13-11-33(20-14(24)4-3-5-15(20)25)22(34)18-19(13)28-29-21(18)27/h3-5,10-11H,6-9H2,1-2H3,(H3,27,28,29). The van der Waals surface area contributed by atoms with Crippen molar-refractivity contribution in [1.29, 1.82) is 5.26 Å². The van der Waals surface area contributed by atoms with Gasteiger partial charge in [0, 0.05) is 38.0 Å². The van der Waals surface area contributed by atoms with Crippen molar-refractivity contribution < 1.29 is 8.78 Å². The minimum absolute atomic E-state index is 0.0233. The number of benzene rings is 1. The number of piperidine rings is 1. The lowest BCUT2D eigenvalue weighted by Gasteiger charge is -2.35. The second-order valence-corrected chi connectivity index (χ2v) is 8.82. The average Bonchev–Trinajstić information content (AvgIpc) is 3.39. The molecule has 0 atom stereocenters. The number of anilines is 2. The summed E-state index contributed by atoms with van der Waals surface area (Å²) in [6.45, 7) is 3.34. The number of nitrogens with one attached hydrogen (secondary N) is 1. The summed E-state index contributed by atoms with van der Waals surface area (Å²) in [6, 6.07) is 7.62. The van der Waals surface area contributed by atoms with Crippen molar-refractivity contribution in [2.45, 2.75) is 19.8 Å². The van der Waals surface area contributed by atoms with Crippen molar-refractivity contribution in [3.05, 3.63) is 52.5 Å². The highest BCUT2D eigenvalue weighted by molar-refractivity contribution is 5.98. The predicted molar refractivity (Wildman–Crippen MR) is 123 cm³/mol. The molecule has 1 aliphatic heterocycles. The van der Waals surface area contributed by atoms with Crippen LogP contribution >= 0.6 is 0 Å². The molecule has 0 saturated carbocycles. The van der Waals surface area contributed by atoms with Crippen molar-refractivity contribution in [2.75, 3.05) is 23.7 Å². The first-order valence-electron chi connectivity index (χ1n) is 10.8. The number of hydrogen-bond donors (Lipinski definition) is 2. The normalized spacial score (nSPS) is 15.6. The van der Waals surface area contributed by atoms with Crippen molar-refractivity contribution in [3.8, 4) is 23.0 Å². The molecule has 0 bridgehead atoms. The molecule has 34 heavy (non-hydrogen) atoms. The molecule has 3 N–H and O–H groups in total. The fraction of sp³-hybridized carbons (Fsp3) is 0.304. The molecule has 0 aliphatic carbocycles. The van der Waals surface area contributed by atoms with E-state index in [-0.39, 0.29) is 16.6 Å². The predicted octanol–water partition coefficient (Wildman–Crippen LogP) is 3.10. The molecule has 174 valence electrons. The summed E-state index contributed by atoms with van der Waals surface area (Å²) < 4.78 is 31.8. The molecule has 4 heterocycles. The molecule has 0 amide bonds. The van der Waals surface area contributed by atoms with Gasteiger partial charge in [-0.05, 0) is 31.9 Å². The van der Waals surface area contributed by atoms with Crippen LogP contribution < -0.4 is 16.2 Å². The van der Waals surface area contributed by atoms with Gasteiger partial charge in [0.15, 0.2) is 5.82 Å². The van der Waals surface area contributed by atoms with E-state index >= 15 is 0 Å². The maximum Gasteiger partial charge on any atom is 0.268 e. The number of aryl methyl sites for hydroxylation is 1. The van der Waals surface area contributed by atoms with Crippen LogP contribution in [0.15, 0.2) is 35.3 Å². The molecular weight excluding hydrogens is 442 g/mol. The Morgan fingerprint density at radius 2 is 1.91 bits per heavy atom. The van der Waals surface area contributed by atoms with Gasteiger partial charge in [-0.15, -0.1) is 0 Å². The molecule has 0 spiro atoms. The molecule has 0 radical (unpaired) electrons.